The largest absolute Gasteiger partial charge is 0.462 e. The summed E-state index contributed by atoms with van der Waals surface area (Å²) >= 11 is 0. The van der Waals surface area contributed by atoms with E-state index in [1.165, 1.54) is 21.0 Å². The van der Waals surface area contributed by atoms with Gasteiger partial charge in [0, 0.05) is 33.3 Å². The van der Waals surface area contributed by atoms with Crippen LogP contribution < -0.4 is 0 Å². The quantitative estimate of drug-likeness (QED) is 0.195. The van der Waals surface area contributed by atoms with E-state index in [1.54, 1.807) is 58.0 Å². The molecule has 0 radical (unpaired) electrons. The number of allylic oxidation sites excluding steroid dienone is 2. The molecular weight excluding hydrogens is 682 g/mol. The molecule has 2 fully saturated rings. The molecule has 0 amide bonds. The molecular formula is C37H61NO14. The van der Waals surface area contributed by atoms with E-state index in [1.807, 2.05) is 13.0 Å². The number of carbonyl (C=O) groups is 3. The lowest BCUT2D eigenvalue weighted by Gasteiger charge is -2.50. The Balaban J connectivity index is 1.93. The summed E-state index contributed by atoms with van der Waals surface area (Å²) in [5, 5.41) is 45.4. The summed E-state index contributed by atoms with van der Waals surface area (Å²) in [6, 6.07) is -0.749. The van der Waals surface area contributed by atoms with Crippen LogP contribution in [0.2, 0.25) is 0 Å². The summed E-state index contributed by atoms with van der Waals surface area (Å²) in [6.45, 7) is 9.74. The maximum absolute atomic E-state index is 12.9. The highest BCUT2D eigenvalue weighted by molar-refractivity contribution is 5.70. The number of cyclic esters (lactones) is 1. The van der Waals surface area contributed by atoms with E-state index in [4.69, 9.17) is 33.2 Å². The Labute approximate surface area is 307 Å². The maximum atomic E-state index is 12.9. The minimum absolute atomic E-state index is 0.0335. The molecule has 3 aliphatic rings. The van der Waals surface area contributed by atoms with Crippen LogP contribution in [0, 0.1) is 11.8 Å². The summed E-state index contributed by atoms with van der Waals surface area (Å²) in [5.74, 6) is -2.23. The van der Waals surface area contributed by atoms with Crippen molar-refractivity contribution in [2.24, 2.45) is 11.8 Å². The molecule has 0 spiro atoms. The van der Waals surface area contributed by atoms with E-state index < -0.39 is 110 Å². The molecule has 3 rings (SSSR count). The molecule has 0 saturated carbocycles. The SMILES string of the molecule is CO[C@@H]1[C@H](O[C@@H]2O[C@H](C)[C@@H](O[C@H]3C[C@@](C)(O)[C@@H](OC(C)=O)[C@H](C)O3)[C@H](N(C)C)[C@H]2O)[C@@H](CC=O)C[C@@H](C)[C@@H](O)C=CC=CC[C@@H](C)OC(=O)C[C@H]1O. The standard InChI is InChI=1S/C37H61NO14/c1-20-17-25(15-16-39)33(34(46-9)27(42)18-28(43)47-21(2)13-11-10-12-14-26(20)41)52-36-31(44)30(38(7)8)32(22(3)49-36)51-29-19-37(6,45)35(23(4)48-29)50-24(5)40/h10-12,14,16,20-23,25-27,29-36,41-42,44-45H,13,15,17-19H2,1-9H3/t20-,21-,22-,23+,25+,26+,27-,29+,30-,31-,32-,33-,34+,35+,36+,37-/m1/s1. The van der Waals surface area contributed by atoms with Crippen LogP contribution in [0.3, 0.4) is 0 Å². The van der Waals surface area contributed by atoms with Gasteiger partial charge in [0.1, 0.15) is 36.3 Å². The summed E-state index contributed by atoms with van der Waals surface area (Å²) < 4.78 is 41.8. The zero-order chi connectivity index (χ0) is 38.9. The van der Waals surface area contributed by atoms with Crippen LogP contribution >= 0.6 is 0 Å². The lowest BCUT2D eigenvalue weighted by molar-refractivity contribution is -0.344. The van der Waals surface area contributed by atoms with Crippen molar-refractivity contribution in [1.29, 1.82) is 0 Å². The first-order valence-corrected chi connectivity index (χ1v) is 18.1. The van der Waals surface area contributed by atoms with Crippen LogP contribution in [0.5, 0.6) is 0 Å². The number of nitrogens with zero attached hydrogens (tertiary/aromatic N) is 1. The fraction of sp³-hybridized carbons (Fsp3) is 0.811. The average Bonchev–Trinajstić information content (AvgIpc) is 3.03. The van der Waals surface area contributed by atoms with Crippen LogP contribution in [-0.2, 0) is 47.5 Å². The van der Waals surface area contributed by atoms with Gasteiger partial charge in [0.2, 0.25) is 0 Å². The number of rotatable bonds is 9. The smallest absolute Gasteiger partial charge is 0.308 e. The number of methoxy groups -OCH3 is 1. The molecule has 4 N–H and O–H groups in total. The van der Waals surface area contributed by atoms with Crippen LogP contribution in [0.25, 0.3) is 0 Å². The number of likely N-dealkylation sites (N-methyl/N-ethyl adjacent to an activating group) is 1. The van der Waals surface area contributed by atoms with Gasteiger partial charge in [-0.2, -0.15) is 0 Å². The van der Waals surface area contributed by atoms with Gasteiger partial charge in [-0.1, -0.05) is 31.2 Å². The number of aldehydes is 1. The number of aliphatic hydroxyl groups is 4. The molecule has 3 heterocycles. The first kappa shape index (κ1) is 44.1. The molecule has 0 aliphatic carbocycles. The second-order valence-electron chi connectivity index (χ2n) is 14.9. The zero-order valence-electron chi connectivity index (χ0n) is 31.9. The van der Waals surface area contributed by atoms with Crippen molar-refractivity contribution >= 4 is 18.2 Å². The first-order chi connectivity index (χ1) is 24.4. The molecule has 0 aromatic heterocycles. The Morgan fingerprint density at radius 2 is 1.73 bits per heavy atom. The zero-order valence-corrected chi connectivity index (χ0v) is 31.9. The van der Waals surface area contributed by atoms with Crippen molar-refractivity contribution in [2.45, 2.75) is 159 Å². The van der Waals surface area contributed by atoms with Gasteiger partial charge in [0.05, 0.1) is 43.0 Å². The van der Waals surface area contributed by atoms with Crippen molar-refractivity contribution in [3.63, 3.8) is 0 Å². The van der Waals surface area contributed by atoms with Crippen molar-refractivity contribution in [3.8, 4) is 0 Å². The number of carbonyl (C=O) groups excluding carboxylic acids is 3. The van der Waals surface area contributed by atoms with Crippen LogP contribution in [0.4, 0.5) is 0 Å². The van der Waals surface area contributed by atoms with Gasteiger partial charge in [0.25, 0.3) is 0 Å². The van der Waals surface area contributed by atoms with E-state index in [-0.39, 0.29) is 25.2 Å². The molecule has 2 saturated heterocycles. The van der Waals surface area contributed by atoms with Crippen LogP contribution in [0.15, 0.2) is 24.3 Å². The highest BCUT2D eigenvalue weighted by atomic mass is 16.7. The lowest BCUT2D eigenvalue weighted by atomic mass is 9.82. The molecule has 0 aromatic carbocycles. The monoisotopic (exact) mass is 743 g/mol. The highest BCUT2D eigenvalue weighted by Gasteiger charge is 2.52. The lowest BCUT2D eigenvalue weighted by Crippen LogP contribution is -2.66. The summed E-state index contributed by atoms with van der Waals surface area (Å²) in [4.78, 5) is 38.4. The van der Waals surface area contributed by atoms with Crippen molar-refractivity contribution < 1.29 is 68.0 Å². The van der Waals surface area contributed by atoms with Crippen molar-refractivity contribution in [3.05, 3.63) is 24.3 Å². The Kier molecular flexibility index (Phi) is 16.8. The van der Waals surface area contributed by atoms with Gasteiger partial charge >= 0.3 is 11.9 Å². The molecule has 0 unspecified atom stereocenters. The Hall–Kier alpha value is -2.31. The third-order valence-electron chi connectivity index (χ3n) is 10.1. The molecule has 0 aromatic rings. The van der Waals surface area contributed by atoms with Gasteiger partial charge in [-0.05, 0) is 60.0 Å². The fourth-order valence-corrected chi connectivity index (χ4v) is 7.43. The molecule has 15 heteroatoms. The predicted octanol–water partition coefficient (Wildman–Crippen LogP) is 1.42. The average molecular weight is 744 g/mol. The van der Waals surface area contributed by atoms with Crippen molar-refractivity contribution in [1.82, 2.24) is 4.90 Å². The second kappa shape index (κ2) is 19.9. The molecule has 3 aliphatic heterocycles. The Morgan fingerprint density at radius 1 is 1.04 bits per heavy atom. The number of esters is 2. The molecule has 15 nitrogen and oxygen atoms in total. The van der Waals surface area contributed by atoms with Crippen LogP contribution in [-0.4, -0.2) is 150 Å². The Bertz CT molecular complexity index is 1210. The highest BCUT2D eigenvalue weighted by Crippen LogP contribution is 2.37. The number of ether oxygens (including phenoxy) is 7. The van der Waals surface area contributed by atoms with E-state index in [0.29, 0.717) is 12.7 Å². The summed E-state index contributed by atoms with van der Waals surface area (Å²) in [6.07, 6.45) is -4.09. The predicted molar refractivity (Wildman–Crippen MR) is 187 cm³/mol. The van der Waals surface area contributed by atoms with E-state index in [2.05, 4.69) is 0 Å². The van der Waals surface area contributed by atoms with E-state index in [0.717, 1.165) is 0 Å². The molecule has 0 bridgehead atoms. The van der Waals surface area contributed by atoms with Gasteiger partial charge in [0.15, 0.2) is 18.7 Å². The summed E-state index contributed by atoms with van der Waals surface area (Å²) in [5.41, 5.74) is -1.47. The van der Waals surface area contributed by atoms with Gasteiger partial charge in [-0.15, -0.1) is 0 Å². The fourth-order valence-electron chi connectivity index (χ4n) is 7.43. The summed E-state index contributed by atoms with van der Waals surface area (Å²) in [7, 11) is 4.84. The third-order valence-corrected chi connectivity index (χ3v) is 10.1. The second-order valence-corrected chi connectivity index (χ2v) is 14.9. The minimum Gasteiger partial charge on any atom is -0.462 e. The normalized spacial score (nSPS) is 42.8. The molecule has 52 heavy (non-hydrogen) atoms. The first-order valence-electron chi connectivity index (χ1n) is 18.1. The topological polar surface area (TPSA) is 200 Å². The van der Waals surface area contributed by atoms with Crippen molar-refractivity contribution in [2.75, 3.05) is 21.2 Å². The number of hydrogen-bond donors (Lipinski definition) is 4. The maximum Gasteiger partial charge on any atom is 0.308 e. The van der Waals surface area contributed by atoms with Crippen LogP contribution in [0.1, 0.15) is 73.6 Å². The van der Waals surface area contributed by atoms with Gasteiger partial charge in [-0.3, -0.25) is 9.59 Å². The van der Waals surface area contributed by atoms with Gasteiger partial charge < -0.3 is 63.3 Å². The third kappa shape index (κ3) is 11.8. The van der Waals surface area contributed by atoms with Gasteiger partial charge in [-0.25, -0.2) is 0 Å². The van der Waals surface area contributed by atoms with E-state index in [9.17, 15) is 34.8 Å². The number of hydrogen-bond acceptors (Lipinski definition) is 15. The minimum atomic E-state index is -1.47. The molecule has 298 valence electrons. The number of aliphatic hydroxyl groups excluding tert-OH is 3. The Morgan fingerprint density at radius 3 is 2.33 bits per heavy atom. The van der Waals surface area contributed by atoms with E-state index >= 15 is 0 Å². The molecule has 16 atom stereocenters.